The third kappa shape index (κ3) is 3.06. The fourth-order valence-electron chi connectivity index (χ4n) is 3.85. The molecule has 2 aliphatic heterocycles. The third-order valence-electron chi connectivity index (χ3n) is 5.18. The van der Waals surface area contributed by atoms with Crippen LogP contribution in [-0.4, -0.2) is 60.6 Å². The van der Waals surface area contributed by atoms with Gasteiger partial charge in [0.1, 0.15) is 5.58 Å². The molecule has 5 heteroatoms. The molecule has 2 saturated heterocycles. The topological polar surface area (TPSA) is 45.9 Å². The van der Waals surface area contributed by atoms with Crippen LogP contribution in [0, 0.1) is 0 Å². The molecule has 1 amide bonds. The molecule has 5 nitrogen and oxygen atoms in total. The Kier molecular flexibility index (Phi) is 4.29. The SMILES string of the molecule is CC1CN(C2CCN(C(=O)c3cc4ccccc4o3)CC2)CCO1. The van der Waals surface area contributed by atoms with E-state index in [1.165, 1.54) is 0 Å². The van der Waals surface area contributed by atoms with Crippen molar-refractivity contribution >= 4 is 16.9 Å². The van der Waals surface area contributed by atoms with Gasteiger partial charge in [-0.15, -0.1) is 0 Å². The summed E-state index contributed by atoms with van der Waals surface area (Å²) in [5, 5.41) is 0.984. The van der Waals surface area contributed by atoms with E-state index >= 15 is 0 Å². The molecule has 0 bridgehead atoms. The highest BCUT2D eigenvalue weighted by Crippen LogP contribution is 2.23. The van der Waals surface area contributed by atoms with Gasteiger partial charge in [-0.2, -0.15) is 0 Å². The van der Waals surface area contributed by atoms with Crippen molar-refractivity contribution in [2.24, 2.45) is 0 Å². The van der Waals surface area contributed by atoms with E-state index in [0.29, 0.717) is 17.9 Å². The maximum absolute atomic E-state index is 12.7. The second-order valence-corrected chi connectivity index (χ2v) is 6.85. The van der Waals surface area contributed by atoms with Gasteiger partial charge in [0.05, 0.1) is 12.7 Å². The molecule has 4 rings (SSSR count). The number of likely N-dealkylation sites (tertiary alicyclic amines) is 1. The molecule has 2 fully saturated rings. The van der Waals surface area contributed by atoms with E-state index in [4.69, 9.17) is 9.15 Å². The highest BCUT2D eigenvalue weighted by molar-refractivity contribution is 5.96. The highest BCUT2D eigenvalue weighted by Gasteiger charge is 2.30. The Morgan fingerprint density at radius 3 is 2.71 bits per heavy atom. The Balaban J connectivity index is 1.39. The fourth-order valence-corrected chi connectivity index (χ4v) is 3.85. The van der Waals surface area contributed by atoms with Gasteiger partial charge in [0, 0.05) is 37.6 Å². The minimum Gasteiger partial charge on any atom is -0.451 e. The third-order valence-corrected chi connectivity index (χ3v) is 5.18. The quantitative estimate of drug-likeness (QED) is 0.850. The van der Waals surface area contributed by atoms with Gasteiger partial charge in [-0.1, -0.05) is 18.2 Å². The number of hydrogen-bond donors (Lipinski definition) is 0. The number of morpholine rings is 1. The van der Waals surface area contributed by atoms with Crippen molar-refractivity contribution in [3.05, 3.63) is 36.1 Å². The molecule has 3 heterocycles. The summed E-state index contributed by atoms with van der Waals surface area (Å²) in [6, 6.07) is 10.2. The monoisotopic (exact) mass is 328 g/mol. The first-order valence-electron chi connectivity index (χ1n) is 8.84. The highest BCUT2D eigenvalue weighted by atomic mass is 16.5. The number of benzene rings is 1. The van der Waals surface area contributed by atoms with Crippen molar-refractivity contribution in [3.8, 4) is 0 Å². The Morgan fingerprint density at radius 1 is 1.17 bits per heavy atom. The summed E-state index contributed by atoms with van der Waals surface area (Å²) in [5.74, 6) is 0.467. The number of carbonyl (C=O) groups is 1. The number of piperidine rings is 1. The molecule has 0 saturated carbocycles. The number of para-hydroxylation sites is 1. The number of hydrogen-bond acceptors (Lipinski definition) is 4. The molecule has 0 radical (unpaired) electrons. The minimum absolute atomic E-state index is 0.0139. The first-order chi connectivity index (χ1) is 11.7. The lowest BCUT2D eigenvalue weighted by Gasteiger charge is -2.41. The normalized spacial score (nSPS) is 23.7. The molecule has 128 valence electrons. The number of ether oxygens (including phenoxy) is 1. The van der Waals surface area contributed by atoms with Crippen LogP contribution in [0.5, 0.6) is 0 Å². The predicted octanol–water partition coefficient (Wildman–Crippen LogP) is 2.76. The zero-order valence-corrected chi connectivity index (χ0v) is 14.1. The number of fused-ring (bicyclic) bond motifs is 1. The van der Waals surface area contributed by atoms with E-state index in [1.807, 2.05) is 35.2 Å². The summed E-state index contributed by atoms with van der Waals surface area (Å²) < 4.78 is 11.3. The molecule has 0 aliphatic carbocycles. The molecular weight excluding hydrogens is 304 g/mol. The Bertz CT molecular complexity index is 685. The Hall–Kier alpha value is -1.85. The van der Waals surface area contributed by atoms with Crippen LogP contribution in [0.3, 0.4) is 0 Å². The van der Waals surface area contributed by atoms with Crippen LogP contribution < -0.4 is 0 Å². The summed E-state index contributed by atoms with van der Waals surface area (Å²) in [5.41, 5.74) is 0.776. The zero-order chi connectivity index (χ0) is 16.5. The average molecular weight is 328 g/mol. The molecule has 2 aromatic rings. The van der Waals surface area contributed by atoms with Gasteiger partial charge >= 0.3 is 0 Å². The van der Waals surface area contributed by atoms with Gasteiger partial charge in [-0.25, -0.2) is 0 Å². The lowest BCUT2D eigenvalue weighted by Crippen LogP contribution is -2.51. The molecule has 1 aromatic heterocycles. The van der Waals surface area contributed by atoms with E-state index in [9.17, 15) is 4.79 Å². The van der Waals surface area contributed by atoms with Crippen molar-refractivity contribution < 1.29 is 13.9 Å². The summed E-state index contributed by atoms with van der Waals surface area (Å²) >= 11 is 0. The number of rotatable bonds is 2. The molecule has 0 N–H and O–H groups in total. The second-order valence-electron chi connectivity index (χ2n) is 6.85. The van der Waals surface area contributed by atoms with Crippen LogP contribution in [-0.2, 0) is 4.74 Å². The van der Waals surface area contributed by atoms with Crippen molar-refractivity contribution in [2.45, 2.75) is 31.9 Å². The van der Waals surface area contributed by atoms with Crippen molar-refractivity contribution in [1.29, 1.82) is 0 Å². The van der Waals surface area contributed by atoms with E-state index in [-0.39, 0.29) is 5.91 Å². The lowest BCUT2D eigenvalue weighted by molar-refractivity contribution is -0.0424. The Labute approximate surface area is 142 Å². The molecular formula is C19H24N2O3. The van der Waals surface area contributed by atoms with Crippen LogP contribution in [0.25, 0.3) is 11.0 Å². The fraction of sp³-hybridized carbons (Fsp3) is 0.526. The summed E-state index contributed by atoms with van der Waals surface area (Å²) in [7, 11) is 0. The summed E-state index contributed by atoms with van der Waals surface area (Å²) in [4.78, 5) is 17.2. The number of nitrogens with zero attached hydrogens (tertiary/aromatic N) is 2. The van der Waals surface area contributed by atoms with E-state index < -0.39 is 0 Å². The minimum atomic E-state index is 0.0139. The summed E-state index contributed by atoms with van der Waals surface area (Å²) in [6.45, 7) is 6.55. The van der Waals surface area contributed by atoms with Crippen LogP contribution in [0.4, 0.5) is 0 Å². The van der Waals surface area contributed by atoms with E-state index in [1.54, 1.807) is 0 Å². The maximum Gasteiger partial charge on any atom is 0.289 e. The van der Waals surface area contributed by atoms with Gasteiger partial charge in [-0.3, -0.25) is 9.69 Å². The van der Waals surface area contributed by atoms with Crippen LogP contribution in [0.15, 0.2) is 34.7 Å². The van der Waals surface area contributed by atoms with Crippen LogP contribution >= 0.6 is 0 Å². The largest absolute Gasteiger partial charge is 0.451 e. The van der Waals surface area contributed by atoms with Gasteiger partial charge in [-0.05, 0) is 31.9 Å². The predicted molar refractivity (Wildman–Crippen MR) is 92.1 cm³/mol. The van der Waals surface area contributed by atoms with Gasteiger partial charge < -0.3 is 14.1 Å². The van der Waals surface area contributed by atoms with Crippen LogP contribution in [0.1, 0.15) is 30.3 Å². The smallest absolute Gasteiger partial charge is 0.289 e. The van der Waals surface area contributed by atoms with E-state index in [2.05, 4.69) is 11.8 Å². The standard InChI is InChI=1S/C19H24N2O3/c1-14-13-21(10-11-23-14)16-6-8-20(9-7-16)19(22)18-12-15-4-2-3-5-17(15)24-18/h2-5,12,14,16H,6-11,13H2,1H3. The maximum atomic E-state index is 12.7. The molecule has 1 atom stereocenters. The Morgan fingerprint density at radius 2 is 1.96 bits per heavy atom. The summed E-state index contributed by atoms with van der Waals surface area (Å²) in [6.07, 6.45) is 2.37. The van der Waals surface area contributed by atoms with Gasteiger partial charge in [0.25, 0.3) is 5.91 Å². The molecule has 24 heavy (non-hydrogen) atoms. The molecule has 2 aliphatic rings. The molecule has 1 aromatic carbocycles. The number of amides is 1. The van der Waals surface area contributed by atoms with Crippen LogP contribution in [0.2, 0.25) is 0 Å². The zero-order valence-electron chi connectivity index (χ0n) is 14.1. The van der Waals surface area contributed by atoms with Crippen molar-refractivity contribution in [1.82, 2.24) is 9.80 Å². The second kappa shape index (κ2) is 6.57. The number of carbonyl (C=O) groups excluding carboxylic acids is 1. The first kappa shape index (κ1) is 15.7. The van der Waals surface area contributed by atoms with E-state index in [0.717, 1.165) is 56.6 Å². The van der Waals surface area contributed by atoms with Crippen molar-refractivity contribution in [3.63, 3.8) is 0 Å². The molecule has 1 unspecified atom stereocenters. The first-order valence-corrected chi connectivity index (χ1v) is 8.84. The lowest BCUT2D eigenvalue weighted by atomic mass is 10.0. The number of furan rings is 1. The average Bonchev–Trinajstić information content (AvgIpc) is 3.05. The van der Waals surface area contributed by atoms with Crippen molar-refractivity contribution in [2.75, 3.05) is 32.8 Å². The van der Waals surface area contributed by atoms with Gasteiger partial charge in [0.2, 0.25) is 0 Å². The van der Waals surface area contributed by atoms with Gasteiger partial charge in [0.15, 0.2) is 5.76 Å². The molecule has 0 spiro atoms.